The first-order chi connectivity index (χ1) is 28.9. The van der Waals surface area contributed by atoms with Crippen molar-refractivity contribution in [2.75, 3.05) is 13.2 Å². The lowest BCUT2D eigenvalue weighted by atomic mass is 9.85. The number of fused-ring (bicyclic) bond motifs is 4. The molecule has 0 aliphatic carbocycles. The van der Waals surface area contributed by atoms with Gasteiger partial charge in [-0.05, 0) is 119 Å². The summed E-state index contributed by atoms with van der Waals surface area (Å²) in [5.74, 6) is 0. The number of hydrogen-bond acceptors (Lipinski definition) is 6. The highest BCUT2D eigenvalue weighted by Gasteiger charge is 2.36. The van der Waals surface area contributed by atoms with E-state index in [0.29, 0.717) is 13.2 Å². The number of aryl methyl sites for hydroxylation is 3. The van der Waals surface area contributed by atoms with Gasteiger partial charge in [0.05, 0.1) is 64.4 Å². The zero-order valence-electron chi connectivity index (χ0n) is 37.5. The highest BCUT2D eigenvalue weighted by molar-refractivity contribution is 6.38. The first kappa shape index (κ1) is 40.6. The van der Waals surface area contributed by atoms with Gasteiger partial charge in [0.15, 0.2) is 6.29 Å². The average molecular weight is 805 g/mol. The van der Waals surface area contributed by atoms with Crippen molar-refractivity contribution in [3.8, 4) is 0 Å². The van der Waals surface area contributed by atoms with Crippen LogP contribution >= 0.6 is 0 Å². The Balaban J connectivity index is 1.34. The molecule has 1 saturated heterocycles. The SMILES string of the molecule is Cc1cc(C)c(C2=C3C=CC(=N3)C(c3ccc(C(C)(C)C)cc3)=C3C=CC(=N3)C(C3OCC(C)(C)CO3)=C3C=CC(=N3)C(c3ccc(C(C)(C)C)cc3)=C3C=CC2=N3)c(C)c1. The predicted octanol–water partition coefficient (Wildman–Crippen LogP) is 12.5. The number of rotatable bonds is 4. The van der Waals surface area contributed by atoms with E-state index in [-0.39, 0.29) is 16.2 Å². The number of ether oxygens (including phenoxy) is 2. The highest BCUT2D eigenvalue weighted by atomic mass is 16.7. The number of nitrogens with zero attached hydrogens (tertiary/aromatic N) is 4. The summed E-state index contributed by atoms with van der Waals surface area (Å²) < 4.78 is 13.1. The van der Waals surface area contributed by atoms with Crippen LogP contribution in [0.4, 0.5) is 0 Å². The molecule has 9 rings (SSSR count). The fraction of sp³-hybridized carbons (Fsp3) is 0.309. The summed E-state index contributed by atoms with van der Waals surface area (Å²) >= 11 is 0. The van der Waals surface area contributed by atoms with Gasteiger partial charge in [0.25, 0.3) is 0 Å². The third-order valence-electron chi connectivity index (χ3n) is 12.1. The average Bonchev–Trinajstić information content (AvgIpc) is 4.04. The minimum absolute atomic E-state index is 0.0110. The number of allylic oxidation sites excluding steroid dienone is 11. The van der Waals surface area contributed by atoms with Crippen LogP contribution in [-0.2, 0) is 20.3 Å². The van der Waals surface area contributed by atoms with Crippen molar-refractivity contribution in [1.82, 2.24) is 0 Å². The summed E-state index contributed by atoms with van der Waals surface area (Å²) in [6.07, 6.45) is 16.3. The van der Waals surface area contributed by atoms with Gasteiger partial charge in [-0.1, -0.05) is 122 Å². The zero-order valence-corrected chi connectivity index (χ0v) is 37.5. The normalized spacial score (nSPS) is 20.0. The van der Waals surface area contributed by atoms with E-state index in [1.54, 1.807) is 0 Å². The lowest BCUT2D eigenvalue weighted by Gasteiger charge is -2.35. The molecule has 8 bridgehead atoms. The van der Waals surface area contributed by atoms with Crippen LogP contribution in [0, 0.1) is 26.2 Å². The molecule has 308 valence electrons. The van der Waals surface area contributed by atoms with Crippen molar-refractivity contribution in [3.05, 3.63) is 182 Å². The summed E-state index contributed by atoms with van der Waals surface area (Å²) in [5.41, 5.74) is 19.5. The van der Waals surface area contributed by atoms with Gasteiger partial charge in [0.1, 0.15) is 0 Å². The van der Waals surface area contributed by atoms with Gasteiger partial charge >= 0.3 is 0 Å². The van der Waals surface area contributed by atoms with E-state index < -0.39 is 6.29 Å². The summed E-state index contributed by atoms with van der Waals surface area (Å²) in [5, 5.41) is 0. The Hall–Kier alpha value is -5.82. The molecule has 0 N–H and O–H groups in total. The fourth-order valence-corrected chi connectivity index (χ4v) is 8.91. The first-order valence-corrected chi connectivity index (χ1v) is 21.5. The molecule has 0 spiro atoms. The molecule has 0 unspecified atom stereocenters. The van der Waals surface area contributed by atoms with E-state index in [0.717, 1.165) is 84.6 Å². The molecule has 0 saturated carbocycles. The van der Waals surface area contributed by atoms with E-state index in [9.17, 15) is 0 Å². The summed E-state index contributed by atoms with van der Waals surface area (Å²) in [6, 6.07) is 22.2. The lowest BCUT2D eigenvalue weighted by Crippen LogP contribution is -2.40. The second kappa shape index (κ2) is 15.0. The van der Waals surface area contributed by atoms with Gasteiger partial charge in [-0.25, -0.2) is 20.0 Å². The van der Waals surface area contributed by atoms with E-state index in [4.69, 9.17) is 29.4 Å². The summed E-state index contributed by atoms with van der Waals surface area (Å²) in [4.78, 5) is 21.9. The number of aliphatic imine (C=N–C) groups is 4. The second-order valence-corrected chi connectivity index (χ2v) is 19.9. The fourth-order valence-electron chi connectivity index (χ4n) is 8.91. The molecule has 0 radical (unpaired) electrons. The molecule has 6 heteroatoms. The largest absolute Gasteiger partial charge is 0.348 e. The molecular formula is C55H56N4O2. The first-order valence-electron chi connectivity index (χ1n) is 21.5. The van der Waals surface area contributed by atoms with Crippen molar-refractivity contribution < 1.29 is 9.47 Å². The maximum absolute atomic E-state index is 6.53. The molecule has 6 aliphatic heterocycles. The molecule has 3 aromatic rings. The Morgan fingerprint density at radius 2 is 0.869 bits per heavy atom. The van der Waals surface area contributed by atoms with Gasteiger partial charge in [-0.2, -0.15) is 0 Å². The molecule has 0 aromatic heterocycles. The Bertz CT molecular complexity index is 2680. The maximum Gasteiger partial charge on any atom is 0.188 e. The van der Waals surface area contributed by atoms with E-state index >= 15 is 0 Å². The van der Waals surface area contributed by atoms with Gasteiger partial charge < -0.3 is 9.47 Å². The third kappa shape index (κ3) is 7.73. The highest BCUT2D eigenvalue weighted by Crippen LogP contribution is 2.40. The van der Waals surface area contributed by atoms with Crippen molar-refractivity contribution >= 4 is 39.6 Å². The van der Waals surface area contributed by atoms with Crippen LogP contribution in [0.1, 0.15) is 99.9 Å². The smallest absolute Gasteiger partial charge is 0.188 e. The maximum atomic E-state index is 6.53. The van der Waals surface area contributed by atoms with Crippen LogP contribution in [0.15, 0.2) is 158 Å². The monoisotopic (exact) mass is 804 g/mol. The van der Waals surface area contributed by atoms with Crippen LogP contribution in [0.5, 0.6) is 0 Å². The third-order valence-corrected chi connectivity index (χ3v) is 12.1. The zero-order chi connectivity index (χ0) is 43.0. The van der Waals surface area contributed by atoms with Crippen molar-refractivity contribution in [2.45, 2.75) is 93.3 Å². The molecule has 0 atom stereocenters. The quantitative estimate of drug-likeness (QED) is 0.264. The Kier molecular flexibility index (Phi) is 9.96. The predicted molar refractivity (Wildman–Crippen MR) is 254 cm³/mol. The van der Waals surface area contributed by atoms with Crippen molar-refractivity contribution in [1.29, 1.82) is 0 Å². The molecule has 0 amide bonds. The van der Waals surface area contributed by atoms with Crippen LogP contribution in [-0.4, -0.2) is 42.4 Å². The van der Waals surface area contributed by atoms with Crippen molar-refractivity contribution in [3.63, 3.8) is 0 Å². The Labute approximate surface area is 361 Å². The van der Waals surface area contributed by atoms with E-state index in [1.165, 1.54) is 27.8 Å². The molecule has 3 aromatic carbocycles. The molecule has 6 aliphatic rings. The summed E-state index contributed by atoms with van der Waals surface area (Å²) in [7, 11) is 0. The van der Waals surface area contributed by atoms with E-state index in [1.807, 2.05) is 0 Å². The molecule has 6 heterocycles. The molecule has 1 fully saturated rings. The number of benzene rings is 3. The minimum Gasteiger partial charge on any atom is -0.348 e. The molecule has 61 heavy (non-hydrogen) atoms. The number of hydrogen-bond donors (Lipinski definition) is 0. The van der Waals surface area contributed by atoms with Gasteiger partial charge in [0, 0.05) is 22.1 Å². The van der Waals surface area contributed by atoms with Crippen LogP contribution < -0.4 is 0 Å². The van der Waals surface area contributed by atoms with Crippen molar-refractivity contribution in [2.24, 2.45) is 25.4 Å². The molecular weight excluding hydrogens is 749 g/mol. The Morgan fingerprint density at radius 1 is 0.492 bits per heavy atom. The van der Waals surface area contributed by atoms with Crippen LogP contribution in [0.3, 0.4) is 0 Å². The molecule has 6 nitrogen and oxygen atoms in total. The lowest BCUT2D eigenvalue weighted by molar-refractivity contribution is -0.200. The topological polar surface area (TPSA) is 67.9 Å². The van der Waals surface area contributed by atoms with Gasteiger partial charge in [-0.15, -0.1) is 0 Å². The van der Waals surface area contributed by atoms with Gasteiger partial charge in [0.2, 0.25) is 0 Å². The standard InChI is InChI=1S/C55H56N4O2/c1-32-28-33(2)47(34(3)29-32)50-43-24-20-39(56-43)48(35-12-16-37(17-13-35)53(4,5)6)41-22-26-45(58-41)51(52-60-30-55(10,11)31-61-52)46-27-23-42(59-46)49(40-21-25-44(50)57-40)36-14-18-38(19-15-36)54(7,8)9/h12-29,52H,30-31H2,1-11H3. The second-order valence-electron chi connectivity index (χ2n) is 19.9. The van der Waals surface area contributed by atoms with Crippen LogP contribution in [0.2, 0.25) is 0 Å². The Morgan fingerprint density at radius 3 is 1.33 bits per heavy atom. The van der Waals surface area contributed by atoms with Gasteiger partial charge in [-0.3, -0.25) is 0 Å². The van der Waals surface area contributed by atoms with Crippen LogP contribution in [0.25, 0.3) is 16.7 Å². The minimum atomic E-state index is -0.646. The van der Waals surface area contributed by atoms with E-state index in [2.05, 4.69) is 185 Å². The summed E-state index contributed by atoms with van der Waals surface area (Å²) in [6.45, 7) is 25.4.